The maximum absolute atomic E-state index is 9.50. The maximum Gasteiger partial charge on any atom is 0.122 e. The molecule has 0 amide bonds. The molecule has 0 radical (unpaired) electrons. The van der Waals surface area contributed by atoms with Crippen molar-refractivity contribution in [3.05, 3.63) is 11.9 Å². The van der Waals surface area contributed by atoms with Crippen LogP contribution in [-0.4, -0.2) is 47.1 Å². The van der Waals surface area contributed by atoms with Crippen LogP contribution in [0.5, 0.6) is 0 Å². The van der Waals surface area contributed by atoms with Gasteiger partial charge in [0.1, 0.15) is 6.29 Å². The van der Waals surface area contributed by atoms with E-state index in [0.29, 0.717) is 18.4 Å². The monoisotopic (exact) mass is 445 g/mol. The first-order valence-corrected chi connectivity index (χ1v) is 12.1. The Morgan fingerprint density at radius 2 is 1.55 bits per heavy atom. The van der Waals surface area contributed by atoms with Crippen LogP contribution >= 0.6 is 0 Å². The zero-order valence-electron chi connectivity index (χ0n) is 23.0. The number of carbonyl (C=O) groups is 1. The molecule has 0 atom stereocenters. The highest BCUT2D eigenvalue weighted by atomic mass is 16.5. The Hall–Kier alpha value is -1.27. The van der Waals surface area contributed by atoms with Crippen LogP contribution in [0.3, 0.4) is 0 Å². The van der Waals surface area contributed by atoms with Crippen molar-refractivity contribution in [1.29, 1.82) is 0 Å². The van der Waals surface area contributed by atoms with Crippen LogP contribution in [0.25, 0.3) is 0 Å². The number of aromatic nitrogens is 3. The summed E-state index contributed by atoms with van der Waals surface area (Å²) in [5, 5.41) is 10.1. The highest BCUT2D eigenvalue weighted by Crippen LogP contribution is 2.12. The molecule has 0 aliphatic heterocycles. The number of hydrogen-bond acceptors (Lipinski definition) is 5. The van der Waals surface area contributed by atoms with Crippen molar-refractivity contribution in [1.82, 2.24) is 15.4 Å². The van der Waals surface area contributed by atoms with E-state index < -0.39 is 0 Å². The van der Waals surface area contributed by atoms with Gasteiger partial charge in [-0.25, -0.2) is 0 Å². The maximum atomic E-state index is 9.50. The molecular weight excluding hydrogens is 390 g/mol. The lowest BCUT2D eigenvalue weighted by atomic mass is 10.1. The molecule has 1 N–H and O–H groups in total. The zero-order chi connectivity index (χ0) is 25.3. The fraction of sp³-hybridized carbons (Fsp3) is 0.880. The summed E-state index contributed by atoms with van der Waals surface area (Å²) >= 11 is 0. The standard InChI is InChI=1S/C12H26O2.C5H9N3.C4H8O.2C2H6/c1-6-8-13-10-12(4,5)14-9-7-11(2)3;1-4(2)5-3-6-8-7-5;1-4(2)3-5;2*1-2/h11H,6-10H2,1-5H3;3-4H,1-2H3,(H,6,7,8);3-4H,1-2H3;2*1-2H3. The van der Waals surface area contributed by atoms with Crippen molar-refractivity contribution < 1.29 is 14.3 Å². The first-order chi connectivity index (χ1) is 14.6. The van der Waals surface area contributed by atoms with Gasteiger partial charge in [-0.05, 0) is 38.5 Å². The predicted octanol–water partition coefficient (Wildman–Crippen LogP) is 7.08. The van der Waals surface area contributed by atoms with Crippen molar-refractivity contribution in [3.63, 3.8) is 0 Å². The Morgan fingerprint density at radius 1 is 1.03 bits per heavy atom. The molecule has 0 bridgehead atoms. The van der Waals surface area contributed by atoms with Crippen LogP contribution in [0.2, 0.25) is 0 Å². The minimum absolute atomic E-state index is 0.135. The van der Waals surface area contributed by atoms with E-state index in [0.717, 1.165) is 38.0 Å². The molecule has 0 saturated carbocycles. The Morgan fingerprint density at radius 3 is 1.84 bits per heavy atom. The van der Waals surface area contributed by atoms with E-state index in [1.54, 1.807) is 6.20 Å². The van der Waals surface area contributed by atoms with Gasteiger partial charge in [-0.2, -0.15) is 15.4 Å². The Bertz CT molecular complexity index is 431. The summed E-state index contributed by atoms with van der Waals surface area (Å²) in [7, 11) is 0. The largest absolute Gasteiger partial charge is 0.378 e. The Labute approximate surface area is 194 Å². The summed E-state index contributed by atoms with van der Waals surface area (Å²) in [6.45, 7) is 28.9. The SMILES string of the molecule is CC.CC.CC(C)C=O.CC(C)c1cn[nH]n1.CCCOCC(C)(C)OCCC(C)C. The van der Waals surface area contributed by atoms with Gasteiger partial charge in [-0.15, -0.1) is 0 Å². The third kappa shape index (κ3) is 33.6. The van der Waals surface area contributed by atoms with Gasteiger partial charge in [0.25, 0.3) is 0 Å². The lowest BCUT2D eigenvalue weighted by Crippen LogP contribution is -2.31. The van der Waals surface area contributed by atoms with E-state index >= 15 is 0 Å². The van der Waals surface area contributed by atoms with Crippen molar-refractivity contribution in [2.24, 2.45) is 11.8 Å². The second-order valence-electron chi connectivity index (χ2n) is 8.27. The van der Waals surface area contributed by atoms with Crippen molar-refractivity contribution >= 4 is 6.29 Å². The first-order valence-electron chi connectivity index (χ1n) is 12.1. The molecular formula is C25H55N3O3. The van der Waals surface area contributed by atoms with Gasteiger partial charge in [0.2, 0.25) is 0 Å². The van der Waals surface area contributed by atoms with E-state index in [2.05, 4.69) is 63.9 Å². The van der Waals surface area contributed by atoms with E-state index in [1.165, 1.54) is 0 Å². The normalized spacial score (nSPS) is 10.1. The first kappa shape index (κ1) is 37.1. The number of aldehydes is 1. The van der Waals surface area contributed by atoms with Crippen molar-refractivity contribution in [2.45, 2.75) is 114 Å². The Kier molecular flexibility index (Phi) is 32.0. The van der Waals surface area contributed by atoms with Crippen molar-refractivity contribution in [2.75, 3.05) is 19.8 Å². The van der Waals surface area contributed by atoms with E-state index in [-0.39, 0.29) is 11.5 Å². The molecule has 0 saturated heterocycles. The molecule has 0 spiro atoms. The van der Waals surface area contributed by atoms with Gasteiger partial charge in [-0.1, -0.05) is 76.2 Å². The van der Waals surface area contributed by atoms with Crippen LogP contribution in [0.15, 0.2) is 6.20 Å². The molecule has 0 aromatic carbocycles. The lowest BCUT2D eigenvalue weighted by Gasteiger charge is -2.25. The third-order valence-corrected chi connectivity index (χ3v) is 3.28. The number of carbonyl (C=O) groups excluding carboxylic acids is 1. The molecule has 1 rings (SSSR count). The summed E-state index contributed by atoms with van der Waals surface area (Å²) < 4.78 is 11.2. The summed E-state index contributed by atoms with van der Waals surface area (Å²) in [5.74, 6) is 1.39. The van der Waals surface area contributed by atoms with Gasteiger partial charge in [0.15, 0.2) is 0 Å². The molecule has 1 aromatic rings. The van der Waals surface area contributed by atoms with Gasteiger partial charge < -0.3 is 14.3 Å². The van der Waals surface area contributed by atoms with E-state index in [4.69, 9.17) is 9.47 Å². The zero-order valence-corrected chi connectivity index (χ0v) is 23.0. The van der Waals surface area contributed by atoms with Crippen LogP contribution in [-0.2, 0) is 14.3 Å². The number of hydrogen-bond donors (Lipinski definition) is 1. The third-order valence-electron chi connectivity index (χ3n) is 3.28. The number of nitrogens with one attached hydrogen (secondary N) is 1. The highest BCUT2D eigenvalue weighted by Gasteiger charge is 2.18. The van der Waals surface area contributed by atoms with E-state index in [9.17, 15) is 4.79 Å². The average Bonchev–Trinajstić information content (AvgIpc) is 3.27. The molecule has 6 heteroatoms. The molecule has 0 aliphatic carbocycles. The van der Waals surface area contributed by atoms with Gasteiger partial charge in [0.05, 0.1) is 24.1 Å². The molecule has 0 fully saturated rings. The Balaban J connectivity index is -0.000000180. The minimum Gasteiger partial charge on any atom is -0.378 e. The molecule has 1 aromatic heterocycles. The molecule has 0 unspecified atom stereocenters. The summed E-state index contributed by atoms with van der Waals surface area (Å²) in [6.07, 6.45) is 4.85. The molecule has 6 nitrogen and oxygen atoms in total. The number of aromatic amines is 1. The van der Waals surface area contributed by atoms with Crippen LogP contribution in [0, 0.1) is 11.8 Å². The number of ether oxygens (including phenoxy) is 2. The average molecular weight is 446 g/mol. The summed E-state index contributed by atoms with van der Waals surface area (Å²) in [6, 6.07) is 0. The van der Waals surface area contributed by atoms with Crippen LogP contribution in [0.1, 0.15) is 114 Å². The van der Waals surface area contributed by atoms with Gasteiger partial charge in [0, 0.05) is 19.1 Å². The number of nitrogens with zero attached hydrogens (tertiary/aromatic N) is 2. The van der Waals surface area contributed by atoms with Crippen LogP contribution < -0.4 is 0 Å². The van der Waals surface area contributed by atoms with Gasteiger partial charge in [-0.3, -0.25) is 0 Å². The van der Waals surface area contributed by atoms with Crippen molar-refractivity contribution in [3.8, 4) is 0 Å². The number of H-pyrrole nitrogens is 1. The lowest BCUT2D eigenvalue weighted by molar-refractivity contribution is -0.110. The summed E-state index contributed by atoms with van der Waals surface area (Å²) in [4.78, 5) is 9.50. The highest BCUT2D eigenvalue weighted by molar-refractivity contribution is 5.51. The molecule has 0 aliphatic rings. The second-order valence-corrected chi connectivity index (χ2v) is 8.27. The van der Waals surface area contributed by atoms with Crippen LogP contribution in [0.4, 0.5) is 0 Å². The van der Waals surface area contributed by atoms with Gasteiger partial charge >= 0.3 is 0 Å². The molecule has 1 heterocycles. The second kappa shape index (κ2) is 26.8. The minimum atomic E-state index is -0.135. The topological polar surface area (TPSA) is 77.1 Å². The molecule has 31 heavy (non-hydrogen) atoms. The molecule has 188 valence electrons. The predicted molar refractivity (Wildman–Crippen MR) is 135 cm³/mol. The fourth-order valence-electron chi connectivity index (χ4n) is 1.56. The number of rotatable bonds is 10. The smallest absolute Gasteiger partial charge is 0.122 e. The summed E-state index contributed by atoms with van der Waals surface area (Å²) in [5.41, 5.74) is 0.884. The quantitative estimate of drug-likeness (QED) is 0.307. The van der Waals surface area contributed by atoms with E-state index in [1.807, 2.05) is 41.5 Å². The fourth-order valence-corrected chi connectivity index (χ4v) is 1.56.